The maximum absolute atomic E-state index is 13.6. The van der Waals surface area contributed by atoms with Gasteiger partial charge >= 0.3 is 0 Å². The highest BCUT2D eigenvalue weighted by atomic mass is 32.2. The number of ether oxygens (including phenoxy) is 1. The molecule has 0 bridgehead atoms. The molecule has 48 heavy (non-hydrogen) atoms. The maximum Gasteiger partial charge on any atom is 0.213 e. The molecular formula is C36H42FN5O5S. The van der Waals surface area contributed by atoms with Crippen LogP contribution >= 0.6 is 0 Å². The number of aliphatic hydroxyl groups excluding tert-OH is 2. The van der Waals surface area contributed by atoms with Crippen LogP contribution in [0.3, 0.4) is 0 Å². The molecule has 2 aromatic heterocycles. The number of halogens is 1. The van der Waals surface area contributed by atoms with Gasteiger partial charge in [0.25, 0.3) is 0 Å². The van der Waals surface area contributed by atoms with E-state index in [2.05, 4.69) is 38.8 Å². The molecule has 5 aliphatic rings. The second-order valence-corrected chi connectivity index (χ2v) is 16.2. The minimum absolute atomic E-state index is 0.0275. The Bertz CT molecular complexity index is 1920. The van der Waals surface area contributed by atoms with Crippen LogP contribution in [0.1, 0.15) is 62.2 Å². The number of piperidine rings is 1. The lowest BCUT2D eigenvalue weighted by Gasteiger charge is -2.42. The van der Waals surface area contributed by atoms with E-state index in [0.717, 1.165) is 54.6 Å². The van der Waals surface area contributed by atoms with Gasteiger partial charge in [0.05, 0.1) is 73.1 Å². The molecule has 2 saturated heterocycles. The average molecular weight is 676 g/mol. The van der Waals surface area contributed by atoms with Gasteiger partial charge in [-0.05, 0) is 73.8 Å². The van der Waals surface area contributed by atoms with Crippen molar-refractivity contribution in [3.8, 4) is 22.5 Å². The highest BCUT2D eigenvalue weighted by molar-refractivity contribution is 7.89. The van der Waals surface area contributed by atoms with Crippen molar-refractivity contribution in [2.75, 3.05) is 32.1 Å². The van der Waals surface area contributed by atoms with Crippen molar-refractivity contribution >= 4 is 10.0 Å². The lowest BCUT2D eigenvalue weighted by Crippen LogP contribution is -2.47. The van der Waals surface area contributed by atoms with Crippen LogP contribution in [0.5, 0.6) is 0 Å². The molecule has 6 atom stereocenters. The van der Waals surface area contributed by atoms with Gasteiger partial charge in [0.2, 0.25) is 10.0 Å². The van der Waals surface area contributed by atoms with Crippen molar-refractivity contribution in [3.05, 3.63) is 84.5 Å². The second-order valence-electron chi connectivity index (χ2n) is 14.0. The van der Waals surface area contributed by atoms with Crippen LogP contribution in [0, 0.1) is 23.1 Å². The Labute approximate surface area is 280 Å². The van der Waals surface area contributed by atoms with E-state index in [9.17, 15) is 23.0 Å². The minimum Gasteiger partial charge on any atom is -0.392 e. The van der Waals surface area contributed by atoms with Crippen LogP contribution in [0.4, 0.5) is 4.39 Å². The van der Waals surface area contributed by atoms with E-state index >= 15 is 0 Å². The number of aliphatic hydroxyl groups is 2. The molecule has 1 spiro atoms. The molecular weight excluding hydrogens is 633 g/mol. The standard InChI is InChI=1S/C21H27N3O3S.C15H15FN2O2/c1-2-28(26,27)23-11-9-21(10-12-23)8-7-17(20(21)25)19-16-6-4-3-5-15(16)18-13-22-14-24(18)19;16-9-1-2-10-12(5-9)15(18-8-17-6-13(10)18)11-3-4-20-7-14(11)19/h3-6,13-14,17,19-20,25H,2,7-12H2,1H3;1-2,5-6,8,11,14-15,19H,3-4,7H2. The van der Waals surface area contributed by atoms with Crippen molar-refractivity contribution in [2.24, 2.45) is 17.3 Å². The van der Waals surface area contributed by atoms with Crippen LogP contribution in [-0.4, -0.2) is 86.3 Å². The van der Waals surface area contributed by atoms with E-state index in [4.69, 9.17) is 4.74 Å². The van der Waals surface area contributed by atoms with Crippen LogP contribution in [-0.2, 0) is 14.8 Å². The Morgan fingerprint density at radius 1 is 0.896 bits per heavy atom. The van der Waals surface area contributed by atoms with Crippen LogP contribution in [0.25, 0.3) is 22.5 Å². The summed E-state index contributed by atoms with van der Waals surface area (Å²) < 4.78 is 49.2. The summed E-state index contributed by atoms with van der Waals surface area (Å²) in [5.74, 6) is 0.0627. The summed E-state index contributed by atoms with van der Waals surface area (Å²) in [4.78, 5) is 8.54. The number of aromatic nitrogens is 4. The number of rotatable bonds is 4. The fourth-order valence-corrected chi connectivity index (χ4v) is 10.3. The highest BCUT2D eigenvalue weighted by Crippen LogP contribution is 2.56. The molecule has 6 heterocycles. The minimum atomic E-state index is -3.15. The van der Waals surface area contributed by atoms with Gasteiger partial charge in [0.1, 0.15) is 5.82 Å². The smallest absolute Gasteiger partial charge is 0.213 e. The molecule has 9 rings (SSSR count). The van der Waals surface area contributed by atoms with E-state index in [1.807, 2.05) is 17.1 Å². The van der Waals surface area contributed by atoms with Gasteiger partial charge < -0.3 is 24.1 Å². The number of sulfonamides is 1. The zero-order chi connectivity index (χ0) is 33.2. The molecule has 254 valence electrons. The molecule has 0 radical (unpaired) electrons. The molecule has 12 heteroatoms. The lowest BCUT2D eigenvalue weighted by atomic mass is 9.73. The number of hydrogen-bond donors (Lipinski definition) is 2. The lowest BCUT2D eigenvalue weighted by molar-refractivity contribution is -0.0540. The van der Waals surface area contributed by atoms with Crippen LogP contribution < -0.4 is 0 Å². The number of hydrogen-bond acceptors (Lipinski definition) is 7. The number of fused-ring (bicyclic) bond motifs is 6. The normalized spacial score (nSPS) is 28.8. The maximum atomic E-state index is 13.6. The highest BCUT2D eigenvalue weighted by Gasteiger charge is 2.53. The van der Waals surface area contributed by atoms with Gasteiger partial charge in [0.15, 0.2) is 0 Å². The largest absolute Gasteiger partial charge is 0.392 e. The first-order chi connectivity index (χ1) is 23.2. The van der Waals surface area contributed by atoms with E-state index in [-0.39, 0.29) is 40.9 Å². The fraction of sp³-hybridized carbons (Fsp3) is 0.500. The van der Waals surface area contributed by atoms with Gasteiger partial charge in [-0.2, -0.15) is 0 Å². The quantitative estimate of drug-likeness (QED) is 0.323. The predicted octanol–water partition coefficient (Wildman–Crippen LogP) is 4.65. The summed E-state index contributed by atoms with van der Waals surface area (Å²) >= 11 is 0. The fourth-order valence-electron chi connectivity index (χ4n) is 9.23. The Morgan fingerprint density at radius 2 is 1.56 bits per heavy atom. The zero-order valence-electron chi connectivity index (χ0n) is 27.0. The summed E-state index contributed by atoms with van der Waals surface area (Å²) in [6.07, 6.45) is 10.6. The van der Waals surface area contributed by atoms with Crippen molar-refractivity contribution in [1.82, 2.24) is 23.4 Å². The van der Waals surface area contributed by atoms with Gasteiger partial charge in [0, 0.05) is 42.7 Å². The number of benzene rings is 2. The van der Waals surface area contributed by atoms with E-state index in [1.54, 1.807) is 35.9 Å². The van der Waals surface area contributed by atoms with Gasteiger partial charge in [-0.25, -0.2) is 27.1 Å². The molecule has 10 nitrogen and oxygen atoms in total. The first-order valence-corrected chi connectivity index (χ1v) is 18.7. The third kappa shape index (κ3) is 5.06. The zero-order valence-corrected chi connectivity index (χ0v) is 27.8. The number of nitrogens with zero attached hydrogens (tertiary/aromatic N) is 5. The van der Waals surface area contributed by atoms with Crippen molar-refractivity contribution in [3.63, 3.8) is 0 Å². The van der Waals surface area contributed by atoms with Gasteiger partial charge in [-0.15, -0.1) is 0 Å². The first-order valence-electron chi connectivity index (χ1n) is 17.1. The van der Waals surface area contributed by atoms with Crippen molar-refractivity contribution in [1.29, 1.82) is 0 Å². The monoisotopic (exact) mass is 675 g/mol. The Balaban J connectivity index is 0.000000148. The summed E-state index contributed by atoms with van der Waals surface area (Å²) in [7, 11) is -3.15. The summed E-state index contributed by atoms with van der Waals surface area (Å²) in [5.41, 5.74) is 6.37. The van der Waals surface area contributed by atoms with Crippen LogP contribution in [0.15, 0.2) is 67.5 Å². The molecule has 1 aliphatic carbocycles. The Kier molecular flexibility index (Phi) is 8.07. The van der Waals surface area contributed by atoms with Gasteiger partial charge in [-0.1, -0.05) is 24.3 Å². The van der Waals surface area contributed by atoms with Crippen molar-refractivity contribution in [2.45, 2.75) is 63.3 Å². The topological polar surface area (TPSA) is 123 Å². The SMILES string of the molecule is CCS(=O)(=O)N1CCC2(CCC(C3c4ccccc4-c4cncn43)C2O)CC1.OC1COCCC1C1c2cc(F)ccc2-c2cncn21. The molecule has 0 amide bonds. The summed E-state index contributed by atoms with van der Waals surface area (Å²) in [5, 5.41) is 21.7. The number of imidazole rings is 2. The Morgan fingerprint density at radius 3 is 2.25 bits per heavy atom. The van der Waals surface area contributed by atoms with Crippen LogP contribution in [0.2, 0.25) is 0 Å². The third-order valence-corrected chi connectivity index (χ3v) is 13.7. The molecule has 1 saturated carbocycles. The molecule has 6 unspecified atom stereocenters. The summed E-state index contributed by atoms with van der Waals surface area (Å²) in [6, 6.07) is 13.3. The van der Waals surface area contributed by atoms with E-state index in [1.165, 1.54) is 17.2 Å². The molecule has 2 aromatic carbocycles. The third-order valence-electron chi connectivity index (χ3n) is 11.8. The molecule has 4 aromatic rings. The molecule has 2 N–H and O–H groups in total. The summed E-state index contributed by atoms with van der Waals surface area (Å²) in [6.45, 7) is 3.72. The Hall–Kier alpha value is -3.42. The van der Waals surface area contributed by atoms with E-state index in [0.29, 0.717) is 26.3 Å². The second kappa shape index (κ2) is 12.2. The first kappa shape index (κ1) is 31.8. The predicted molar refractivity (Wildman–Crippen MR) is 178 cm³/mol. The van der Waals surface area contributed by atoms with Gasteiger partial charge in [-0.3, -0.25) is 0 Å². The van der Waals surface area contributed by atoms with E-state index < -0.39 is 22.2 Å². The van der Waals surface area contributed by atoms with Crippen molar-refractivity contribution < 1.29 is 27.8 Å². The molecule has 4 aliphatic heterocycles. The average Bonchev–Trinajstić information content (AvgIpc) is 3.92. The molecule has 3 fully saturated rings.